The molecule has 1 aromatic heterocycles. The van der Waals surface area contributed by atoms with Gasteiger partial charge in [0, 0.05) is 16.2 Å². The average molecular weight is 721 g/mol. The Morgan fingerprint density at radius 2 is 0.702 bits per heavy atom. The van der Waals surface area contributed by atoms with Gasteiger partial charge in [-0.25, -0.2) is 0 Å². The predicted octanol–water partition coefficient (Wildman–Crippen LogP) is 16.1. The maximum absolute atomic E-state index is 6.81. The summed E-state index contributed by atoms with van der Waals surface area (Å²) in [5.74, 6) is 0. The summed E-state index contributed by atoms with van der Waals surface area (Å²) in [7, 11) is 0. The fraction of sp³-hybridized carbons (Fsp3) is 0. The topological polar surface area (TPSA) is 13.1 Å². The summed E-state index contributed by atoms with van der Waals surface area (Å²) in [4.78, 5) is 0. The molecular formula is C56H32O. The van der Waals surface area contributed by atoms with Gasteiger partial charge in [-0.05, 0) is 122 Å². The molecule has 13 aromatic rings. The Morgan fingerprint density at radius 1 is 0.246 bits per heavy atom. The van der Waals surface area contributed by atoms with Crippen molar-refractivity contribution < 1.29 is 4.42 Å². The summed E-state index contributed by atoms with van der Waals surface area (Å²) in [5, 5.41) is 19.9. The summed E-state index contributed by atoms with van der Waals surface area (Å²) in [6, 6.07) is 71.5. The van der Waals surface area contributed by atoms with Crippen molar-refractivity contribution in [2.45, 2.75) is 0 Å². The van der Waals surface area contributed by atoms with Crippen LogP contribution in [-0.2, 0) is 0 Å². The summed E-state index contributed by atoms with van der Waals surface area (Å²) in [6.07, 6.45) is 0. The van der Waals surface area contributed by atoms with Gasteiger partial charge in [-0.1, -0.05) is 176 Å². The lowest BCUT2D eigenvalue weighted by Gasteiger charge is -2.18. The lowest BCUT2D eigenvalue weighted by atomic mass is 9.85. The van der Waals surface area contributed by atoms with Crippen LogP contribution >= 0.6 is 0 Å². The lowest BCUT2D eigenvalue weighted by molar-refractivity contribution is 0.673. The van der Waals surface area contributed by atoms with Gasteiger partial charge in [0.2, 0.25) is 0 Å². The number of furan rings is 1. The Bertz CT molecular complexity index is 3760. The molecule has 0 amide bonds. The Hall–Kier alpha value is -7.48. The van der Waals surface area contributed by atoms with E-state index in [9.17, 15) is 0 Å². The third-order valence-electron chi connectivity index (χ3n) is 12.6. The van der Waals surface area contributed by atoms with Crippen molar-refractivity contribution in [3.8, 4) is 33.4 Å². The molecule has 0 atom stereocenters. The highest BCUT2D eigenvalue weighted by molar-refractivity contribution is 6.33. The van der Waals surface area contributed by atoms with Crippen LogP contribution in [-0.4, -0.2) is 0 Å². The largest absolute Gasteiger partial charge is 0.455 e. The molecule has 0 N–H and O–H groups in total. The van der Waals surface area contributed by atoms with E-state index < -0.39 is 0 Å². The van der Waals surface area contributed by atoms with E-state index >= 15 is 0 Å². The molecule has 0 spiro atoms. The van der Waals surface area contributed by atoms with Crippen molar-refractivity contribution >= 4 is 97.3 Å². The van der Waals surface area contributed by atoms with E-state index in [0.29, 0.717) is 0 Å². The Morgan fingerprint density at radius 3 is 1.42 bits per heavy atom. The number of hydrogen-bond acceptors (Lipinski definition) is 1. The van der Waals surface area contributed by atoms with Crippen LogP contribution in [0.25, 0.3) is 131 Å². The first kappa shape index (κ1) is 30.8. The van der Waals surface area contributed by atoms with Gasteiger partial charge in [0.05, 0.1) is 0 Å². The molecule has 0 aliphatic carbocycles. The highest BCUT2D eigenvalue weighted by Crippen LogP contribution is 2.46. The molecule has 0 bridgehead atoms. The first-order valence-electron chi connectivity index (χ1n) is 19.8. The van der Waals surface area contributed by atoms with E-state index in [2.05, 4.69) is 194 Å². The van der Waals surface area contributed by atoms with E-state index in [1.165, 1.54) is 109 Å². The monoisotopic (exact) mass is 720 g/mol. The van der Waals surface area contributed by atoms with Gasteiger partial charge in [-0.3, -0.25) is 0 Å². The van der Waals surface area contributed by atoms with Crippen LogP contribution in [0.3, 0.4) is 0 Å². The average Bonchev–Trinajstić information content (AvgIpc) is 3.66. The predicted molar refractivity (Wildman–Crippen MR) is 244 cm³/mol. The molecule has 1 nitrogen and oxygen atoms in total. The molecule has 12 aromatic carbocycles. The van der Waals surface area contributed by atoms with Gasteiger partial charge in [-0.2, -0.15) is 0 Å². The van der Waals surface area contributed by atoms with Crippen molar-refractivity contribution in [1.82, 2.24) is 0 Å². The van der Waals surface area contributed by atoms with E-state index in [-0.39, 0.29) is 0 Å². The fourth-order valence-electron chi connectivity index (χ4n) is 10.1. The van der Waals surface area contributed by atoms with Crippen molar-refractivity contribution in [3.63, 3.8) is 0 Å². The third kappa shape index (κ3) is 4.29. The molecule has 262 valence electrons. The Kier molecular flexibility index (Phi) is 6.23. The van der Waals surface area contributed by atoms with Crippen molar-refractivity contribution in [2.75, 3.05) is 0 Å². The first-order valence-corrected chi connectivity index (χ1v) is 19.8. The maximum atomic E-state index is 6.81. The highest BCUT2D eigenvalue weighted by atomic mass is 16.3. The van der Waals surface area contributed by atoms with Crippen molar-refractivity contribution in [2.24, 2.45) is 0 Å². The number of hydrogen-bond donors (Lipinski definition) is 0. The van der Waals surface area contributed by atoms with Gasteiger partial charge in [0.15, 0.2) is 0 Å². The minimum atomic E-state index is 0.909. The van der Waals surface area contributed by atoms with Crippen LogP contribution < -0.4 is 0 Å². The maximum Gasteiger partial charge on any atom is 0.143 e. The first-order chi connectivity index (χ1) is 28.3. The Labute approximate surface area is 328 Å². The zero-order chi connectivity index (χ0) is 37.2. The van der Waals surface area contributed by atoms with Crippen LogP contribution in [0.2, 0.25) is 0 Å². The van der Waals surface area contributed by atoms with Gasteiger partial charge >= 0.3 is 0 Å². The normalized spacial score (nSPS) is 12.2. The SMILES string of the molecule is c1ccc(-c2ccc(-c3ccc4ccc5c(-c6ccc7oc8c(ccc9c%10ccccc%10c%10ccccc%10c98)c7c6)ccc6ccc3c4c65)c3ccccc23)cc1. The van der Waals surface area contributed by atoms with Crippen LogP contribution in [0.4, 0.5) is 0 Å². The second-order valence-electron chi connectivity index (χ2n) is 15.5. The molecule has 0 aliphatic heterocycles. The second-order valence-corrected chi connectivity index (χ2v) is 15.5. The summed E-state index contributed by atoms with van der Waals surface area (Å²) in [6.45, 7) is 0. The standard InChI is InChI=1S/C56H32O/c1-2-10-33(11-3-1)37-27-28-44(40-13-5-4-12-39(37)40)45-24-19-35-20-25-47-38(23-18-34-21-26-48(45)54(35)53(34)47)36-22-31-52-51(32-36)50-30-29-49-43-16-7-6-14-41(43)42-15-8-9-17-46(42)55(49)56(50)57-52/h1-32H. The van der Waals surface area contributed by atoms with Crippen LogP contribution in [0.5, 0.6) is 0 Å². The molecule has 0 fully saturated rings. The highest BCUT2D eigenvalue weighted by Gasteiger charge is 2.19. The molecule has 0 saturated heterocycles. The van der Waals surface area contributed by atoms with E-state index in [1.54, 1.807) is 0 Å². The molecule has 13 rings (SSSR count). The molecule has 0 unspecified atom stereocenters. The smallest absolute Gasteiger partial charge is 0.143 e. The van der Waals surface area contributed by atoms with Crippen LogP contribution in [0.1, 0.15) is 0 Å². The van der Waals surface area contributed by atoms with Gasteiger partial charge < -0.3 is 4.42 Å². The van der Waals surface area contributed by atoms with Gasteiger partial charge in [-0.15, -0.1) is 0 Å². The van der Waals surface area contributed by atoms with Crippen molar-refractivity contribution in [3.05, 3.63) is 194 Å². The summed E-state index contributed by atoms with van der Waals surface area (Å²) in [5.41, 5.74) is 9.30. The minimum Gasteiger partial charge on any atom is -0.455 e. The second kappa shape index (κ2) is 11.5. The molecular weight excluding hydrogens is 689 g/mol. The zero-order valence-corrected chi connectivity index (χ0v) is 30.9. The van der Waals surface area contributed by atoms with Crippen LogP contribution in [0.15, 0.2) is 199 Å². The van der Waals surface area contributed by atoms with E-state index in [1.807, 2.05) is 0 Å². The van der Waals surface area contributed by atoms with E-state index in [0.717, 1.165) is 21.9 Å². The fourth-order valence-corrected chi connectivity index (χ4v) is 10.1. The Balaban J connectivity index is 1.02. The molecule has 0 aliphatic rings. The van der Waals surface area contributed by atoms with Crippen LogP contribution in [0, 0.1) is 0 Å². The molecule has 1 heteroatoms. The van der Waals surface area contributed by atoms with Gasteiger partial charge in [0.25, 0.3) is 0 Å². The third-order valence-corrected chi connectivity index (χ3v) is 12.6. The van der Waals surface area contributed by atoms with E-state index in [4.69, 9.17) is 4.42 Å². The molecule has 57 heavy (non-hydrogen) atoms. The number of benzene rings is 12. The molecule has 0 saturated carbocycles. The summed E-state index contributed by atoms with van der Waals surface area (Å²) < 4.78 is 6.81. The molecule has 1 heterocycles. The quantitative estimate of drug-likeness (QED) is 0.166. The number of fused-ring (bicyclic) bond motifs is 11. The lowest BCUT2D eigenvalue weighted by Crippen LogP contribution is -1.91. The number of rotatable bonds is 3. The van der Waals surface area contributed by atoms with Gasteiger partial charge in [0.1, 0.15) is 11.2 Å². The molecule has 0 radical (unpaired) electrons. The van der Waals surface area contributed by atoms with Crippen molar-refractivity contribution in [1.29, 1.82) is 0 Å². The minimum absolute atomic E-state index is 0.909. The summed E-state index contributed by atoms with van der Waals surface area (Å²) >= 11 is 0. The zero-order valence-electron chi connectivity index (χ0n) is 30.9.